The van der Waals surface area contributed by atoms with Crippen LogP contribution in [0.3, 0.4) is 0 Å². The highest BCUT2D eigenvalue weighted by Gasteiger charge is 2.14. The molecule has 5 rings (SSSR count). The second-order valence-corrected chi connectivity index (χ2v) is 6.99. The van der Waals surface area contributed by atoms with Crippen LogP contribution in [0.5, 0.6) is 0 Å². The Kier molecular flexibility index (Phi) is 4.38. The number of morpholine rings is 1. The van der Waals surface area contributed by atoms with Crippen LogP contribution in [0.2, 0.25) is 0 Å². The largest absolute Gasteiger partial charge is 0.379 e. The Balaban J connectivity index is 1.51. The maximum absolute atomic E-state index is 13.0. The zero-order valence-electron chi connectivity index (χ0n) is 15.5. The molecule has 7 heteroatoms. The zero-order chi connectivity index (χ0) is 18.9. The number of rotatable bonds is 4. The zero-order valence-corrected chi connectivity index (χ0v) is 15.5. The molecule has 1 fully saturated rings. The molecule has 0 bridgehead atoms. The fourth-order valence-corrected chi connectivity index (χ4v) is 3.73. The van der Waals surface area contributed by atoms with E-state index in [1.807, 2.05) is 42.6 Å². The molecule has 0 unspecified atom stereocenters. The van der Waals surface area contributed by atoms with Gasteiger partial charge in [0.15, 0.2) is 5.65 Å². The molecule has 4 aromatic rings. The van der Waals surface area contributed by atoms with Crippen molar-refractivity contribution < 1.29 is 4.74 Å². The number of aromatic nitrogens is 4. The summed E-state index contributed by atoms with van der Waals surface area (Å²) in [7, 11) is 0. The van der Waals surface area contributed by atoms with Gasteiger partial charge in [-0.2, -0.15) is 5.10 Å². The Morgan fingerprint density at radius 1 is 1.00 bits per heavy atom. The molecule has 0 aliphatic carbocycles. The van der Waals surface area contributed by atoms with Gasteiger partial charge in [-0.05, 0) is 11.6 Å². The van der Waals surface area contributed by atoms with Crippen molar-refractivity contribution in [1.82, 2.24) is 24.1 Å². The molecule has 0 atom stereocenters. The van der Waals surface area contributed by atoms with Gasteiger partial charge in [0, 0.05) is 44.1 Å². The van der Waals surface area contributed by atoms with E-state index in [4.69, 9.17) is 4.74 Å². The van der Waals surface area contributed by atoms with Crippen molar-refractivity contribution in [3.63, 3.8) is 0 Å². The predicted octanol–water partition coefficient (Wildman–Crippen LogP) is 2.04. The fourth-order valence-electron chi connectivity index (χ4n) is 3.73. The van der Waals surface area contributed by atoms with Crippen molar-refractivity contribution in [2.45, 2.75) is 6.54 Å². The highest BCUT2D eigenvalue weighted by Crippen LogP contribution is 2.24. The number of pyridine rings is 1. The monoisotopic (exact) mass is 375 g/mol. The maximum atomic E-state index is 13.0. The second kappa shape index (κ2) is 7.18. The van der Waals surface area contributed by atoms with E-state index in [0.717, 1.165) is 55.1 Å². The average molecular weight is 375 g/mol. The highest BCUT2D eigenvalue weighted by atomic mass is 16.5. The van der Waals surface area contributed by atoms with Crippen molar-refractivity contribution in [2.75, 3.05) is 32.8 Å². The summed E-state index contributed by atoms with van der Waals surface area (Å²) in [5.74, 6) is 0. The lowest BCUT2D eigenvalue weighted by Gasteiger charge is -2.26. The van der Waals surface area contributed by atoms with Gasteiger partial charge in [-0.25, -0.2) is 9.50 Å². The van der Waals surface area contributed by atoms with Crippen LogP contribution >= 0.6 is 0 Å². The summed E-state index contributed by atoms with van der Waals surface area (Å²) in [5.41, 5.74) is 3.52. The summed E-state index contributed by atoms with van der Waals surface area (Å²) in [6, 6.07) is 12.0. The Hall–Kier alpha value is -3.03. The van der Waals surface area contributed by atoms with Crippen LogP contribution in [0.4, 0.5) is 0 Å². The minimum absolute atomic E-state index is 0.0306. The van der Waals surface area contributed by atoms with E-state index in [1.54, 1.807) is 21.5 Å². The van der Waals surface area contributed by atoms with Gasteiger partial charge in [-0.3, -0.25) is 9.69 Å². The average Bonchev–Trinajstić information content (AvgIpc) is 3.19. The summed E-state index contributed by atoms with van der Waals surface area (Å²) in [5, 5.41) is 5.08. The molecular formula is C21H21N5O2. The highest BCUT2D eigenvalue weighted by molar-refractivity contribution is 5.84. The van der Waals surface area contributed by atoms with Gasteiger partial charge < -0.3 is 9.30 Å². The van der Waals surface area contributed by atoms with Gasteiger partial charge in [0.25, 0.3) is 5.56 Å². The Labute approximate surface area is 161 Å². The summed E-state index contributed by atoms with van der Waals surface area (Å²) in [6.45, 7) is 4.85. The van der Waals surface area contributed by atoms with Gasteiger partial charge in [0.1, 0.15) is 0 Å². The summed E-state index contributed by atoms with van der Waals surface area (Å²) in [4.78, 5) is 19.8. The number of hydrogen-bond donors (Lipinski definition) is 0. The number of fused-ring (bicyclic) bond motifs is 3. The molecule has 142 valence electrons. The van der Waals surface area contributed by atoms with E-state index < -0.39 is 0 Å². The molecular weight excluding hydrogens is 354 g/mol. The van der Waals surface area contributed by atoms with Gasteiger partial charge in [-0.1, -0.05) is 30.3 Å². The SMILES string of the molecule is O=c1c2cnc3c(-c4ccccc4)cnn3c2ccn1CCN1CCOCC1. The lowest BCUT2D eigenvalue weighted by atomic mass is 10.1. The van der Waals surface area contributed by atoms with Crippen molar-refractivity contribution in [3.8, 4) is 11.1 Å². The first-order valence-corrected chi connectivity index (χ1v) is 9.53. The number of benzene rings is 1. The van der Waals surface area contributed by atoms with Crippen LogP contribution in [0.1, 0.15) is 0 Å². The third kappa shape index (κ3) is 2.98. The van der Waals surface area contributed by atoms with Crippen molar-refractivity contribution in [2.24, 2.45) is 0 Å². The van der Waals surface area contributed by atoms with Crippen LogP contribution in [-0.4, -0.2) is 56.9 Å². The topological polar surface area (TPSA) is 64.7 Å². The smallest absolute Gasteiger partial charge is 0.261 e. The molecule has 0 N–H and O–H groups in total. The van der Waals surface area contributed by atoms with E-state index in [2.05, 4.69) is 15.0 Å². The van der Waals surface area contributed by atoms with Crippen LogP contribution in [-0.2, 0) is 11.3 Å². The minimum atomic E-state index is -0.0306. The molecule has 0 radical (unpaired) electrons. The second-order valence-electron chi connectivity index (χ2n) is 6.99. The van der Waals surface area contributed by atoms with Crippen LogP contribution < -0.4 is 5.56 Å². The van der Waals surface area contributed by atoms with Crippen molar-refractivity contribution in [3.05, 3.63) is 65.3 Å². The maximum Gasteiger partial charge on any atom is 0.261 e. The molecule has 1 aliphatic heterocycles. The van der Waals surface area contributed by atoms with Crippen molar-refractivity contribution in [1.29, 1.82) is 0 Å². The van der Waals surface area contributed by atoms with Gasteiger partial charge in [0.05, 0.1) is 30.3 Å². The third-order valence-electron chi connectivity index (χ3n) is 5.31. The Morgan fingerprint density at radius 2 is 1.82 bits per heavy atom. The summed E-state index contributed by atoms with van der Waals surface area (Å²) < 4.78 is 8.89. The standard InChI is InChI=1S/C21H21N5O2/c27-21-18-14-22-20-17(16-4-2-1-3-5-16)15-23-26(20)19(18)6-7-25(21)9-8-24-10-12-28-13-11-24/h1-7,14-15H,8-13H2. The third-order valence-corrected chi connectivity index (χ3v) is 5.31. The van der Waals surface area contributed by atoms with Crippen LogP contribution in [0.15, 0.2) is 59.8 Å². The molecule has 0 spiro atoms. The Morgan fingerprint density at radius 3 is 2.64 bits per heavy atom. The van der Waals surface area contributed by atoms with E-state index in [-0.39, 0.29) is 5.56 Å². The summed E-state index contributed by atoms with van der Waals surface area (Å²) >= 11 is 0. The predicted molar refractivity (Wildman–Crippen MR) is 107 cm³/mol. The first-order valence-electron chi connectivity index (χ1n) is 9.53. The molecule has 1 aliphatic rings. The first-order chi connectivity index (χ1) is 13.8. The quantitative estimate of drug-likeness (QED) is 0.546. The summed E-state index contributed by atoms with van der Waals surface area (Å²) in [6.07, 6.45) is 5.34. The molecule has 7 nitrogen and oxygen atoms in total. The van der Waals surface area contributed by atoms with E-state index in [1.165, 1.54) is 0 Å². The van der Waals surface area contributed by atoms with Gasteiger partial charge in [-0.15, -0.1) is 0 Å². The fraction of sp³-hybridized carbons (Fsp3) is 0.286. The number of ether oxygens (including phenoxy) is 1. The lowest BCUT2D eigenvalue weighted by Crippen LogP contribution is -2.39. The molecule has 1 aromatic carbocycles. The number of nitrogens with zero attached hydrogens (tertiary/aromatic N) is 5. The van der Waals surface area contributed by atoms with E-state index in [0.29, 0.717) is 11.9 Å². The molecule has 0 saturated carbocycles. The Bertz CT molecular complexity index is 1180. The molecule has 4 heterocycles. The van der Waals surface area contributed by atoms with Gasteiger partial charge >= 0.3 is 0 Å². The molecule has 3 aromatic heterocycles. The first kappa shape index (κ1) is 17.1. The van der Waals surface area contributed by atoms with Crippen LogP contribution in [0.25, 0.3) is 27.7 Å². The molecule has 28 heavy (non-hydrogen) atoms. The van der Waals surface area contributed by atoms with Gasteiger partial charge in [0.2, 0.25) is 0 Å². The minimum Gasteiger partial charge on any atom is -0.379 e. The number of hydrogen-bond acceptors (Lipinski definition) is 5. The van der Waals surface area contributed by atoms with Crippen molar-refractivity contribution >= 4 is 16.6 Å². The molecule has 1 saturated heterocycles. The van der Waals surface area contributed by atoms with Crippen LogP contribution in [0, 0.1) is 0 Å². The molecule has 0 amide bonds. The van der Waals surface area contributed by atoms with E-state index in [9.17, 15) is 4.79 Å². The normalized spacial score (nSPS) is 15.4. The lowest BCUT2D eigenvalue weighted by molar-refractivity contribution is 0.0363. The van der Waals surface area contributed by atoms with E-state index >= 15 is 0 Å².